The van der Waals surface area contributed by atoms with Crippen LogP contribution >= 0.6 is 0 Å². The SMILES string of the molecule is CCOc1ccc(NC(C(=O)O)C(C)C(=O)CC)cc1. The molecule has 0 aliphatic heterocycles. The van der Waals surface area contributed by atoms with Crippen molar-refractivity contribution in [3.8, 4) is 5.75 Å². The van der Waals surface area contributed by atoms with Gasteiger partial charge in [0, 0.05) is 18.0 Å². The lowest BCUT2D eigenvalue weighted by Gasteiger charge is -2.21. The Balaban J connectivity index is 2.80. The first-order valence-corrected chi connectivity index (χ1v) is 6.74. The number of carboxylic acid groups (broad SMARTS) is 1. The highest BCUT2D eigenvalue weighted by atomic mass is 16.5. The van der Waals surface area contributed by atoms with Crippen molar-refractivity contribution in [1.29, 1.82) is 0 Å². The number of hydrogen-bond acceptors (Lipinski definition) is 4. The Morgan fingerprint density at radius 1 is 1.25 bits per heavy atom. The summed E-state index contributed by atoms with van der Waals surface area (Å²) in [5, 5.41) is 12.1. The van der Waals surface area contributed by atoms with Gasteiger partial charge in [-0.3, -0.25) is 4.79 Å². The summed E-state index contributed by atoms with van der Waals surface area (Å²) >= 11 is 0. The third kappa shape index (κ3) is 4.26. The Morgan fingerprint density at radius 2 is 1.85 bits per heavy atom. The fourth-order valence-electron chi connectivity index (χ4n) is 1.90. The fraction of sp³-hybridized carbons (Fsp3) is 0.467. The van der Waals surface area contributed by atoms with Gasteiger partial charge in [0.2, 0.25) is 0 Å². The van der Waals surface area contributed by atoms with E-state index in [0.717, 1.165) is 5.75 Å². The summed E-state index contributed by atoms with van der Waals surface area (Å²) in [7, 11) is 0. The van der Waals surface area contributed by atoms with E-state index in [2.05, 4.69) is 5.32 Å². The van der Waals surface area contributed by atoms with Crippen LogP contribution in [0.4, 0.5) is 5.69 Å². The maximum Gasteiger partial charge on any atom is 0.326 e. The number of carbonyl (C=O) groups is 2. The standard InChI is InChI=1S/C15H21NO4/c1-4-13(17)10(3)14(15(18)19)16-11-6-8-12(9-7-11)20-5-2/h6-10,14,16H,4-5H2,1-3H3,(H,18,19). The molecule has 0 spiro atoms. The Morgan fingerprint density at radius 3 is 2.30 bits per heavy atom. The zero-order valence-electron chi connectivity index (χ0n) is 12.1. The number of hydrogen-bond donors (Lipinski definition) is 2. The van der Waals surface area contributed by atoms with E-state index < -0.39 is 17.9 Å². The zero-order valence-corrected chi connectivity index (χ0v) is 12.1. The molecule has 5 nitrogen and oxygen atoms in total. The van der Waals surface area contributed by atoms with E-state index in [1.165, 1.54) is 0 Å². The lowest BCUT2D eigenvalue weighted by atomic mass is 9.95. The quantitative estimate of drug-likeness (QED) is 0.765. The molecule has 1 aromatic rings. The van der Waals surface area contributed by atoms with Crippen molar-refractivity contribution < 1.29 is 19.4 Å². The molecular formula is C15H21NO4. The number of carbonyl (C=O) groups excluding carboxylic acids is 1. The average molecular weight is 279 g/mol. The number of aliphatic carboxylic acids is 1. The number of ketones is 1. The molecule has 0 aromatic heterocycles. The summed E-state index contributed by atoms with van der Waals surface area (Å²) in [6, 6.07) is 6.07. The van der Waals surface area contributed by atoms with E-state index in [9.17, 15) is 14.7 Å². The number of ether oxygens (including phenoxy) is 1. The highest BCUT2D eigenvalue weighted by Gasteiger charge is 2.28. The maximum absolute atomic E-state index is 11.7. The van der Waals surface area contributed by atoms with Crippen molar-refractivity contribution in [2.75, 3.05) is 11.9 Å². The fourth-order valence-corrected chi connectivity index (χ4v) is 1.90. The average Bonchev–Trinajstić information content (AvgIpc) is 2.44. The third-order valence-electron chi connectivity index (χ3n) is 3.11. The first-order chi connectivity index (χ1) is 9.49. The van der Waals surface area contributed by atoms with E-state index in [1.807, 2.05) is 6.92 Å². The molecule has 2 atom stereocenters. The van der Waals surface area contributed by atoms with Crippen LogP contribution in [0.1, 0.15) is 27.2 Å². The van der Waals surface area contributed by atoms with Crippen molar-refractivity contribution in [1.82, 2.24) is 0 Å². The van der Waals surface area contributed by atoms with Crippen LogP contribution in [0.5, 0.6) is 5.75 Å². The van der Waals surface area contributed by atoms with E-state index in [-0.39, 0.29) is 5.78 Å². The third-order valence-corrected chi connectivity index (χ3v) is 3.11. The molecule has 0 aliphatic carbocycles. The van der Waals surface area contributed by atoms with Gasteiger partial charge in [0.05, 0.1) is 6.61 Å². The number of Topliss-reactive ketones (excluding diaryl/α,β-unsaturated/α-hetero) is 1. The number of benzene rings is 1. The first-order valence-electron chi connectivity index (χ1n) is 6.74. The molecule has 0 saturated heterocycles. The second-order valence-corrected chi connectivity index (χ2v) is 4.53. The number of anilines is 1. The molecular weight excluding hydrogens is 258 g/mol. The molecule has 0 radical (unpaired) electrons. The van der Waals surface area contributed by atoms with Crippen molar-refractivity contribution in [2.45, 2.75) is 33.2 Å². The summed E-state index contributed by atoms with van der Waals surface area (Å²) in [4.78, 5) is 23.0. The molecule has 1 rings (SSSR count). The Bertz CT molecular complexity index is 455. The van der Waals surface area contributed by atoms with Crippen molar-refractivity contribution in [3.05, 3.63) is 24.3 Å². The van der Waals surface area contributed by atoms with Crippen molar-refractivity contribution in [3.63, 3.8) is 0 Å². The van der Waals surface area contributed by atoms with Gasteiger partial charge in [-0.25, -0.2) is 4.79 Å². The van der Waals surface area contributed by atoms with Gasteiger partial charge < -0.3 is 15.2 Å². The van der Waals surface area contributed by atoms with Crippen LogP contribution < -0.4 is 10.1 Å². The highest BCUT2D eigenvalue weighted by Crippen LogP contribution is 2.19. The van der Waals surface area contributed by atoms with Crippen LogP contribution in [0.25, 0.3) is 0 Å². The van der Waals surface area contributed by atoms with Gasteiger partial charge in [0.1, 0.15) is 17.6 Å². The molecule has 110 valence electrons. The van der Waals surface area contributed by atoms with Crippen LogP contribution in [0.15, 0.2) is 24.3 Å². The molecule has 2 N–H and O–H groups in total. The monoisotopic (exact) mass is 279 g/mol. The van der Waals surface area contributed by atoms with Crippen LogP contribution in [0.2, 0.25) is 0 Å². The van der Waals surface area contributed by atoms with Gasteiger partial charge in [0.15, 0.2) is 0 Å². The van der Waals surface area contributed by atoms with Gasteiger partial charge >= 0.3 is 5.97 Å². The predicted octanol–water partition coefficient (Wildman–Crippen LogP) is 2.57. The Kier molecular flexibility index (Phi) is 6.03. The van der Waals surface area contributed by atoms with Crippen molar-refractivity contribution in [2.24, 2.45) is 5.92 Å². The van der Waals surface area contributed by atoms with Crippen molar-refractivity contribution >= 4 is 17.4 Å². The molecule has 0 saturated carbocycles. The Hall–Kier alpha value is -2.04. The van der Waals surface area contributed by atoms with Gasteiger partial charge in [-0.15, -0.1) is 0 Å². The molecule has 5 heteroatoms. The van der Waals surface area contributed by atoms with Gasteiger partial charge in [-0.1, -0.05) is 13.8 Å². The van der Waals surface area contributed by atoms with E-state index >= 15 is 0 Å². The molecule has 0 amide bonds. The Labute approximate surface area is 118 Å². The number of nitrogens with one attached hydrogen (secondary N) is 1. The van der Waals surface area contributed by atoms with Crippen LogP contribution in [-0.2, 0) is 9.59 Å². The molecule has 1 aromatic carbocycles. The number of carboxylic acids is 1. The first kappa shape index (κ1) is 16.0. The lowest BCUT2D eigenvalue weighted by Crippen LogP contribution is -2.39. The van der Waals surface area contributed by atoms with Crippen LogP contribution in [0, 0.1) is 5.92 Å². The minimum absolute atomic E-state index is 0.0733. The molecule has 20 heavy (non-hydrogen) atoms. The minimum Gasteiger partial charge on any atom is -0.494 e. The predicted molar refractivity (Wildman–Crippen MR) is 77.1 cm³/mol. The van der Waals surface area contributed by atoms with Crippen LogP contribution in [0.3, 0.4) is 0 Å². The summed E-state index contributed by atoms with van der Waals surface area (Å²) in [6.07, 6.45) is 0.329. The molecule has 0 bridgehead atoms. The topological polar surface area (TPSA) is 75.6 Å². The largest absolute Gasteiger partial charge is 0.494 e. The van der Waals surface area contributed by atoms with Crippen LogP contribution in [-0.4, -0.2) is 29.5 Å². The summed E-state index contributed by atoms with van der Waals surface area (Å²) in [6.45, 7) is 5.83. The van der Waals surface area contributed by atoms with Gasteiger partial charge in [-0.05, 0) is 31.2 Å². The smallest absolute Gasteiger partial charge is 0.326 e. The normalized spacial score (nSPS) is 13.3. The number of rotatable bonds is 8. The second-order valence-electron chi connectivity index (χ2n) is 4.53. The molecule has 0 fully saturated rings. The molecule has 0 heterocycles. The van der Waals surface area contributed by atoms with E-state index in [1.54, 1.807) is 38.1 Å². The van der Waals surface area contributed by atoms with Gasteiger partial charge in [0.25, 0.3) is 0 Å². The minimum atomic E-state index is -1.03. The summed E-state index contributed by atoms with van der Waals surface area (Å²) in [5.74, 6) is -0.962. The van der Waals surface area contributed by atoms with Gasteiger partial charge in [-0.2, -0.15) is 0 Å². The molecule has 0 aliphatic rings. The molecule has 2 unspecified atom stereocenters. The van der Waals surface area contributed by atoms with E-state index in [4.69, 9.17) is 4.74 Å². The summed E-state index contributed by atoms with van der Waals surface area (Å²) < 4.78 is 5.32. The zero-order chi connectivity index (χ0) is 15.1. The maximum atomic E-state index is 11.7. The second kappa shape index (κ2) is 7.53. The summed E-state index contributed by atoms with van der Waals surface area (Å²) in [5.41, 5.74) is 0.650. The highest BCUT2D eigenvalue weighted by molar-refractivity contribution is 5.89. The lowest BCUT2D eigenvalue weighted by molar-refractivity contribution is -0.141. The van der Waals surface area contributed by atoms with E-state index in [0.29, 0.717) is 18.7 Å².